The summed E-state index contributed by atoms with van der Waals surface area (Å²) in [7, 11) is 0. The topological polar surface area (TPSA) is 70.7 Å². The van der Waals surface area contributed by atoms with Gasteiger partial charge in [0.2, 0.25) is 11.8 Å². The maximum Gasteiger partial charge on any atom is 0.240 e. The summed E-state index contributed by atoms with van der Waals surface area (Å²) < 4.78 is 5.58. The average molecular weight is 320 g/mol. The van der Waals surface area contributed by atoms with Crippen LogP contribution in [0.4, 0.5) is 0 Å². The Kier molecular flexibility index (Phi) is 7.42. The van der Waals surface area contributed by atoms with Gasteiger partial charge in [-0.1, -0.05) is 0 Å². The van der Waals surface area contributed by atoms with Crippen LogP contribution in [0.1, 0.15) is 33.1 Å². The first-order chi connectivity index (χ1) is 9.56. The number of hydrogen-bond donors (Lipinski definition) is 2. The van der Waals surface area contributed by atoms with E-state index < -0.39 is 6.04 Å². The Balaban J connectivity index is 0.00000220. The maximum atomic E-state index is 12.4. The van der Waals surface area contributed by atoms with Crippen LogP contribution in [-0.4, -0.2) is 61.1 Å². The molecule has 2 rings (SSSR count). The smallest absolute Gasteiger partial charge is 0.240 e. The Hall–Kier alpha value is -0.850. The number of nitrogens with one attached hydrogen (secondary N) is 2. The molecule has 2 amide bonds. The Morgan fingerprint density at radius 2 is 2.29 bits per heavy atom. The van der Waals surface area contributed by atoms with E-state index in [1.54, 1.807) is 0 Å². The Labute approximate surface area is 132 Å². The van der Waals surface area contributed by atoms with Gasteiger partial charge in [0.15, 0.2) is 0 Å². The number of halogens is 1. The van der Waals surface area contributed by atoms with Crippen LogP contribution < -0.4 is 10.6 Å². The van der Waals surface area contributed by atoms with E-state index in [1.807, 2.05) is 18.7 Å². The normalized spacial score (nSPS) is 25.9. The monoisotopic (exact) mass is 319 g/mol. The van der Waals surface area contributed by atoms with Crippen molar-refractivity contribution in [2.24, 2.45) is 0 Å². The lowest BCUT2D eigenvalue weighted by atomic mass is 10.1. The fourth-order valence-electron chi connectivity index (χ4n) is 2.73. The number of ether oxygens (including phenoxy) is 1. The predicted octanol–water partition coefficient (Wildman–Crippen LogP) is 0.302. The SMILES string of the molecule is CC(C)NC(=O)CC1NCCN(CC2CCCO2)C1=O.Cl. The summed E-state index contributed by atoms with van der Waals surface area (Å²) in [6.07, 6.45) is 2.47. The number of piperazine rings is 1. The van der Waals surface area contributed by atoms with Crippen molar-refractivity contribution < 1.29 is 14.3 Å². The van der Waals surface area contributed by atoms with Crippen molar-refractivity contribution in [3.63, 3.8) is 0 Å². The minimum atomic E-state index is -0.399. The van der Waals surface area contributed by atoms with Gasteiger partial charge in [0.25, 0.3) is 0 Å². The molecule has 7 heteroatoms. The molecule has 0 spiro atoms. The summed E-state index contributed by atoms with van der Waals surface area (Å²) in [5, 5.41) is 5.96. The van der Waals surface area contributed by atoms with Crippen LogP contribution >= 0.6 is 12.4 Å². The highest BCUT2D eigenvalue weighted by atomic mass is 35.5. The van der Waals surface area contributed by atoms with Gasteiger partial charge in [0.1, 0.15) is 0 Å². The lowest BCUT2D eigenvalue weighted by Crippen LogP contribution is -2.57. The molecule has 0 aromatic heterocycles. The lowest BCUT2D eigenvalue weighted by Gasteiger charge is -2.34. The molecule has 0 bridgehead atoms. The van der Waals surface area contributed by atoms with Crippen LogP contribution in [0.3, 0.4) is 0 Å². The second-order valence-corrected chi connectivity index (χ2v) is 5.85. The summed E-state index contributed by atoms with van der Waals surface area (Å²) >= 11 is 0. The first-order valence-electron chi connectivity index (χ1n) is 7.49. The van der Waals surface area contributed by atoms with E-state index >= 15 is 0 Å². The van der Waals surface area contributed by atoms with Gasteiger partial charge in [-0.2, -0.15) is 0 Å². The van der Waals surface area contributed by atoms with Crippen LogP contribution in [0.25, 0.3) is 0 Å². The van der Waals surface area contributed by atoms with Crippen LogP contribution in [-0.2, 0) is 14.3 Å². The standard InChI is InChI=1S/C14H25N3O3.ClH/c1-10(2)16-13(18)8-12-14(19)17(6-5-15-12)9-11-4-3-7-20-11;/h10-12,15H,3-9H2,1-2H3,(H,16,18);1H. The maximum absolute atomic E-state index is 12.4. The molecule has 0 radical (unpaired) electrons. The average Bonchev–Trinajstić information content (AvgIpc) is 2.86. The number of nitrogens with zero attached hydrogens (tertiary/aromatic N) is 1. The van der Waals surface area contributed by atoms with Crippen LogP contribution in [0.2, 0.25) is 0 Å². The van der Waals surface area contributed by atoms with Gasteiger partial charge in [-0.05, 0) is 26.7 Å². The Morgan fingerprint density at radius 1 is 1.52 bits per heavy atom. The summed E-state index contributed by atoms with van der Waals surface area (Å²) in [4.78, 5) is 26.0. The molecule has 2 saturated heterocycles. The van der Waals surface area contributed by atoms with Gasteiger partial charge < -0.3 is 20.3 Å². The van der Waals surface area contributed by atoms with E-state index in [4.69, 9.17) is 4.74 Å². The molecule has 0 aromatic carbocycles. The highest BCUT2D eigenvalue weighted by molar-refractivity contribution is 5.89. The predicted molar refractivity (Wildman–Crippen MR) is 82.5 cm³/mol. The van der Waals surface area contributed by atoms with E-state index in [0.29, 0.717) is 13.1 Å². The van der Waals surface area contributed by atoms with Crippen molar-refractivity contribution in [1.82, 2.24) is 15.5 Å². The molecule has 0 saturated carbocycles. The molecule has 2 unspecified atom stereocenters. The molecular weight excluding hydrogens is 294 g/mol. The summed E-state index contributed by atoms with van der Waals surface area (Å²) in [5.74, 6) is -0.0597. The van der Waals surface area contributed by atoms with Crippen molar-refractivity contribution in [2.75, 3.05) is 26.2 Å². The third kappa shape index (κ3) is 5.45. The molecule has 0 aromatic rings. The molecule has 2 N–H and O–H groups in total. The molecule has 21 heavy (non-hydrogen) atoms. The number of rotatable bonds is 5. The van der Waals surface area contributed by atoms with Crippen molar-refractivity contribution in [3.8, 4) is 0 Å². The third-order valence-corrected chi connectivity index (χ3v) is 3.67. The van der Waals surface area contributed by atoms with Gasteiger partial charge >= 0.3 is 0 Å². The minimum absolute atomic E-state index is 0. The van der Waals surface area contributed by atoms with Gasteiger partial charge in [0.05, 0.1) is 18.6 Å². The molecule has 122 valence electrons. The van der Waals surface area contributed by atoms with Crippen molar-refractivity contribution in [1.29, 1.82) is 0 Å². The Morgan fingerprint density at radius 3 is 2.90 bits per heavy atom. The molecule has 2 aliphatic rings. The van der Waals surface area contributed by atoms with E-state index in [0.717, 1.165) is 26.0 Å². The highest BCUT2D eigenvalue weighted by Gasteiger charge is 2.32. The highest BCUT2D eigenvalue weighted by Crippen LogP contribution is 2.15. The minimum Gasteiger partial charge on any atom is -0.376 e. The quantitative estimate of drug-likeness (QED) is 0.765. The van der Waals surface area contributed by atoms with Crippen molar-refractivity contribution in [2.45, 2.75) is 51.3 Å². The largest absolute Gasteiger partial charge is 0.376 e. The number of carbonyl (C=O) groups excluding carboxylic acids is 2. The van der Waals surface area contributed by atoms with Crippen molar-refractivity contribution >= 4 is 24.2 Å². The van der Waals surface area contributed by atoms with Gasteiger partial charge in [-0.15, -0.1) is 12.4 Å². The van der Waals surface area contributed by atoms with Gasteiger partial charge in [0, 0.05) is 32.3 Å². The van der Waals surface area contributed by atoms with E-state index in [-0.39, 0.29) is 42.8 Å². The number of hydrogen-bond acceptors (Lipinski definition) is 4. The fraction of sp³-hybridized carbons (Fsp3) is 0.857. The van der Waals surface area contributed by atoms with E-state index in [1.165, 1.54) is 0 Å². The zero-order chi connectivity index (χ0) is 14.5. The zero-order valence-corrected chi connectivity index (χ0v) is 13.6. The first-order valence-corrected chi connectivity index (χ1v) is 7.49. The molecule has 2 atom stereocenters. The number of amides is 2. The van der Waals surface area contributed by atoms with E-state index in [9.17, 15) is 9.59 Å². The molecule has 0 aliphatic carbocycles. The molecule has 2 fully saturated rings. The summed E-state index contributed by atoms with van der Waals surface area (Å²) in [6.45, 7) is 6.71. The molecule has 2 heterocycles. The second kappa shape index (κ2) is 8.56. The fourth-order valence-corrected chi connectivity index (χ4v) is 2.73. The first kappa shape index (κ1) is 18.2. The zero-order valence-electron chi connectivity index (χ0n) is 12.8. The molecule has 2 aliphatic heterocycles. The lowest BCUT2D eigenvalue weighted by molar-refractivity contribution is -0.139. The second-order valence-electron chi connectivity index (χ2n) is 5.85. The van der Waals surface area contributed by atoms with Crippen molar-refractivity contribution in [3.05, 3.63) is 0 Å². The summed E-state index contributed by atoms with van der Waals surface area (Å²) in [5.41, 5.74) is 0. The Bertz CT molecular complexity index is 359. The molecule has 6 nitrogen and oxygen atoms in total. The van der Waals surface area contributed by atoms with E-state index in [2.05, 4.69) is 10.6 Å². The van der Waals surface area contributed by atoms with Crippen LogP contribution in [0.15, 0.2) is 0 Å². The van der Waals surface area contributed by atoms with Gasteiger partial charge in [-0.3, -0.25) is 9.59 Å². The third-order valence-electron chi connectivity index (χ3n) is 3.67. The summed E-state index contributed by atoms with van der Waals surface area (Å²) in [6, 6.07) is -0.298. The van der Waals surface area contributed by atoms with Crippen LogP contribution in [0.5, 0.6) is 0 Å². The van der Waals surface area contributed by atoms with Crippen LogP contribution in [0, 0.1) is 0 Å². The molecular formula is C14H26ClN3O3. The number of carbonyl (C=O) groups is 2. The van der Waals surface area contributed by atoms with Gasteiger partial charge in [-0.25, -0.2) is 0 Å².